The van der Waals surface area contributed by atoms with Crippen LogP contribution in [0.3, 0.4) is 0 Å². The lowest BCUT2D eigenvalue weighted by Crippen LogP contribution is -2.09. The molecule has 2 aromatic rings. The zero-order valence-corrected chi connectivity index (χ0v) is 11.0. The third kappa shape index (κ3) is 2.63. The molecule has 0 atom stereocenters. The smallest absolute Gasteiger partial charge is 0.226 e. The van der Waals surface area contributed by atoms with Crippen molar-refractivity contribution in [3.05, 3.63) is 17.5 Å². The Morgan fingerprint density at radius 1 is 1.53 bits per heavy atom. The summed E-state index contributed by atoms with van der Waals surface area (Å²) in [5.74, 6) is 1.12. The number of fused-ring (bicyclic) bond motifs is 1. The maximum absolute atomic E-state index is 12.6. The van der Waals surface area contributed by atoms with Crippen LogP contribution < -0.4 is 5.32 Å². The summed E-state index contributed by atoms with van der Waals surface area (Å²) in [5.41, 5.74) is 0.476. The Labute approximate surface area is 108 Å². The molecule has 0 saturated carbocycles. The standard InChI is InChI=1S/C10H12ClFN4S/c1-6(2)5-13-8-7-3-4-16(17-12)9(7)15-10(11)14-8/h3-4,6H,5H2,1-2H3,(H,13,14,15). The highest BCUT2D eigenvalue weighted by molar-refractivity contribution is 7.92. The molecule has 92 valence electrons. The molecule has 1 N–H and O–H groups in total. The lowest BCUT2D eigenvalue weighted by molar-refractivity contribution is 0.687. The number of nitrogens with zero attached hydrogens (tertiary/aromatic N) is 3. The summed E-state index contributed by atoms with van der Waals surface area (Å²) < 4.78 is 13.9. The molecule has 0 aromatic carbocycles. The predicted octanol–water partition coefficient (Wildman–Crippen LogP) is 3.53. The Bertz CT molecular complexity index is 528. The third-order valence-electron chi connectivity index (χ3n) is 2.24. The van der Waals surface area contributed by atoms with Gasteiger partial charge in [-0.05, 0) is 23.6 Å². The van der Waals surface area contributed by atoms with Gasteiger partial charge in [0.2, 0.25) is 5.28 Å². The predicted molar refractivity (Wildman–Crippen MR) is 70.0 cm³/mol. The number of nitrogens with one attached hydrogen (secondary N) is 1. The number of anilines is 1. The molecule has 0 amide bonds. The van der Waals surface area contributed by atoms with Crippen LogP contribution in [0.25, 0.3) is 11.0 Å². The zero-order valence-electron chi connectivity index (χ0n) is 9.44. The van der Waals surface area contributed by atoms with Gasteiger partial charge in [0.05, 0.1) is 5.39 Å². The van der Waals surface area contributed by atoms with Crippen molar-refractivity contribution in [3.63, 3.8) is 0 Å². The molecule has 0 unspecified atom stereocenters. The van der Waals surface area contributed by atoms with Gasteiger partial charge >= 0.3 is 0 Å². The quantitative estimate of drug-likeness (QED) is 0.866. The fourth-order valence-electron chi connectivity index (χ4n) is 1.46. The van der Waals surface area contributed by atoms with Crippen LogP contribution in [-0.4, -0.2) is 20.5 Å². The molecule has 0 aliphatic heterocycles. The summed E-state index contributed by atoms with van der Waals surface area (Å²) >= 11 is 5.90. The molecule has 7 heteroatoms. The van der Waals surface area contributed by atoms with Gasteiger partial charge in [-0.2, -0.15) is 4.98 Å². The van der Waals surface area contributed by atoms with Gasteiger partial charge in [-0.25, -0.2) is 8.96 Å². The monoisotopic (exact) mass is 274 g/mol. The van der Waals surface area contributed by atoms with Crippen molar-refractivity contribution < 1.29 is 3.89 Å². The normalized spacial score (nSPS) is 11.4. The van der Waals surface area contributed by atoms with E-state index in [1.807, 2.05) is 0 Å². The van der Waals surface area contributed by atoms with Crippen LogP contribution >= 0.6 is 23.9 Å². The van der Waals surface area contributed by atoms with Gasteiger partial charge in [-0.1, -0.05) is 13.8 Å². The first-order valence-corrected chi connectivity index (χ1v) is 6.24. The molecule has 0 aliphatic rings. The van der Waals surface area contributed by atoms with E-state index in [9.17, 15) is 3.89 Å². The fourth-order valence-corrected chi connectivity index (χ4v) is 1.93. The highest BCUT2D eigenvalue weighted by atomic mass is 35.5. The topological polar surface area (TPSA) is 42.7 Å². The van der Waals surface area contributed by atoms with E-state index in [2.05, 4.69) is 29.1 Å². The van der Waals surface area contributed by atoms with Crippen LogP contribution in [0.2, 0.25) is 5.28 Å². The van der Waals surface area contributed by atoms with Crippen molar-refractivity contribution in [3.8, 4) is 0 Å². The number of hydrogen-bond donors (Lipinski definition) is 1. The lowest BCUT2D eigenvalue weighted by atomic mass is 10.2. The molecular formula is C10H12ClFN4S. The highest BCUT2D eigenvalue weighted by Gasteiger charge is 2.11. The minimum atomic E-state index is 0.0867. The molecule has 0 bridgehead atoms. The minimum Gasteiger partial charge on any atom is -0.369 e. The second-order valence-electron chi connectivity index (χ2n) is 4.06. The minimum absolute atomic E-state index is 0.0867. The van der Waals surface area contributed by atoms with Gasteiger partial charge in [0.1, 0.15) is 5.82 Å². The fraction of sp³-hybridized carbons (Fsp3) is 0.400. The molecular weight excluding hydrogens is 263 g/mol. The van der Waals surface area contributed by atoms with Crippen LogP contribution in [0, 0.1) is 5.92 Å². The van der Waals surface area contributed by atoms with E-state index in [0.717, 1.165) is 11.9 Å². The average molecular weight is 275 g/mol. The SMILES string of the molecule is CC(C)CNc1nc(Cl)nc2c1ccn2SF. The molecule has 2 heterocycles. The Kier molecular flexibility index (Phi) is 3.73. The molecule has 0 fully saturated rings. The van der Waals surface area contributed by atoms with E-state index >= 15 is 0 Å². The Hall–Kier alpha value is -1.01. The van der Waals surface area contributed by atoms with Crippen molar-refractivity contribution in [1.82, 2.24) is 13.9 Å². The Balaban J connectivity index is 2.43. The Morgan fingerprint density at radius 3 is 2.94 bits per heavy atom. The van der Waals surface area contributed by atoms with Crippen LogP contribution in [0.1, 0.15) is 13.8 Å². The van der Waals surface area contributed by atoms with Crippen molar-refractivity contribution in [2.24, 2.45) is 5.92 Å². The van der Waals surface area contributed by atoms with E-state index in [1.54, 1.807) is 12.3 Å². The van der Waals surface area contributed by atoms with Gasteiger partial charge in [0.25, 0.3) is 0 Å². The van der Waals surface area contributed by atoms with Crippen LogP contribution in [-0.2, 0) is 0 Å². The Morgan fingerprint density at radius 2 is 2.29 bits per heavy atom. The molecule has 0 radical (unpaired) electrons. The molecule has 2 aromatic heterocycles. The van der Waals surface area contributed by atoms with E-state index in [0.29, 0.717) is 17.4 Å². The van der Waals surface area contributed by atoms with Crippen molar-refractivity contribution in [2.45, 2.75) is 13.8 Å². The number of hydrogen-bond acceptors (Lipinski definition) is 4. The molecule has 0 saturated heterocycles. The molecule has 4 nitrogen and oxygen atoms in total. The molecule has 0 aliphatic carbocycles. The maximum Gasteiger partial charge on any atom is 0.226 e. The first-order valence-electron chi connectivity index (χ1n) is 5.19. The largest absolute Gasteiger partial charge is 0.369 e. The summed E-state index contributed by atoms with van der Waals surface area (Å²) in [7, 11) is 0. The van der Waals surface area contributed by atoms with Gasteiger partial charge in [0, 0.05) is 12.7 Å². The summed E-state index contributed by atoms with van der Waals surface area (Å²) in [6.07, 6.45) is 1.60. The zero-order chi connectivity index (χ0) is 12.4. The first kappa shape index (κ1) is 12.4. The van der Waals surface area contributed by atoms with Gasteiger partial charge in [-0.3, -0.25) is 0 Å². The second-order valence-corrected chi connectivity index (χ2v) is 4.93. The van der Waals surface area contributed by atoms with E-state index in [-0.39, 0.29) is 17.6 Å². The summed E-state index contributed by atoms with van der Waals surface area (Å²) in [6, 6.07) is 1.76. The molecule has 2 rings (SSSR count). The van der Waals surface area contributed by atoms with Crippen molar-refractivity contribution in [1.29, 1.82) is 0 Å². The maximum atomic E-state index is 12.6. The summed E-state index contributed by atoms with van der Waals surface area (Å²) in [4.78, 5) is 8.13. The van der Waals surface area contributed by atoms with Gasteiger partial charge < -0.3 is 5.32 Å². The van der Waals surface area contributed by atoms with Gasteiger partial charge in [0.15, 0.2) is 18.0 Å². The highest BCUT2D eigenvalue weighted by Crippen LogP contribution is 2.26. The number of rotatable bonds is 4. The third-order valence-corrected chi connectivity index (χ3v) is 2.85. The second kappa shape index (κ2) is 5.10. The number of halogens is 2. The van der Waals surface area contributed by atoms with Crippen LogP contribution in [0.5, 0.6) is 0 Å². The van der Waals surface area contributed by atoms with Crippen molar-refractivity contribution >= 4 is 40.8 Å². The molecule has 0 spiro atoms. The molecule has 17 heavy (non-hydrogen) atoms. The van der Waals surface area contributed by atoms with E-state index < -0.39 is 0 Å². The number of aromatic nitrogens is 3. The van der Waals surface area contributed by atoms with E-state index in [1.165, 1.54) is 3.97 Å². The van der Waals surface area contributed by atoms with Crippen molar-refractivity contribution in [2.75, 3.05) is 11.9 Å². The van der Waals surface area contributed by atoms with Crippen LogP contribution in [0.4, 0.5) is 9.70 Å². The first-order chi connectivity index (χ1) is 8.11. The summed E-state index contributed by atoms with van der Waals surface area (Å²) in [5, 5.41) is 4.06. The summed E-state index contributed by atoms with van der Waals surface area (Å²) in [6.45, 7) is 4.96. The lowest BCUT2D eigenvalue weighted by Gasteiger charge is -2.09. The average Bonchev–Trinajstić information content (AvgIpc) is 2.68. The van der Waals surface area contributed by atoms with E-state index in [4.69, 9.17) is 11.6 Å². The van der Waals surface area contributed by atoms with Crippen LogP contribution in [0.15, 0.2) is 12.3 Å². The van der Waals surface area contributed by atoms with Gasteiger partial charge in [-0.15, -0.1) is 3.89 Å².